The van der Waals surface area contributed by atoms with Crippen LogP contribution in [-0.2, 0) is 4.74 Å². The van der Waals surface area contributed by atoms with Gasteiger partial charge >= 0.3 is 6.09 Å². The van der Waals surface area contributed by atoms with Gasteiger partial charge in [-0.05, 0) is 57.7 Å². The molecule has 0 bridgehead atoms. The molecule has 3 rings (SSSR count). The molecule has 2 aromatic rings. The van der Waals surface area contributed by atoms with Gasteiger partial charge in [0.2, 0.25) is 0 Å². The Balaban J connectivity index is 1.92. The molecule has 1 atom stereocenters. The summed E-state index contributed by atoms with van der Waals surface area (Å²) in [7, 11) is 0. The van der Waals surface area contributed by atoms with Crippen LogP contribution in [0.4, 0.5) is 14.3 Å². The number of aromatic nitrogens is 1. The van der Waals surface area contributed by atoms with Crippen LogP contribution in [0.3, 0.4) is 0 Å². The lowest BCUT2D eigenvalue weighted by Crippen LogP contribution is -2.27. The molecule has 1 aliphatic carbocycles. The van der Waals surface area contributed by atoms with Crippen molar-refractivity contribution in [1.29, 1.82) is 0 Å². The molecule has 1 amide bonds. The van der Waals surface area contributed by atoms with Gasteiger partial charge in [0.25, 0.3) is 0 Å². The first-order chi connectivity index (χ1) is 12.1. The number of nitrogens with zero attached hydrogens (tertiary/aromatic N) is 1. The zero-order chi connectivity index (χ0) is 19.1. The van der Waals surface area contributed by atoms with E-state index in [4.69, 9.17) is 16.3 Å². The number of carbonyl (C=O) groups excluding carboxylic acids is 1. The second kappa shape index (κ2) is 7.13. The molecule has 1 aromatic carbocycles. The van der Waals surface area contributed by atoms with E-state index in [0.717, 1.165) is 12.8 Å². The third-order valence-corrected chi connectivity index (χ3v) is 5.12. The minimum atomic E-state index is -0.680. The van der Waals surface area contributed by atoms with Crippen molar-refractivity contribution >= 4 is 34.2 Å². The Hall–Kier alpha value is -1.70. The van der Waals surface area contributed by atoms with Crippen molar-refractivity contribution in [2.75, 3.05) is 5.32 Å². The lowest BCUT2D eigenvalue weighted by atomic mass is 10.1. The summed E-state index contributed by atoms with van der Waals surface area (Å²) >= 11 is 7.07. The largest absolute Gasteiger partial charge is 0.444 e. The Bertz CT molecular complexity index is 830. The van der Waals surface area contributed by atoms with E-state index in [-0.39, 0.29) is 10.9 Å². The van der Waals surface area contributed by atoms with Crippen LogP contribution in [0.15, 0.2) is 18.2 Å². The summed E-state index contributed by atoms with van der Waals surface area (Å²) in [5, 5.41) is 13.5. The molecule has 1 heterocycles. The van der Waals surface area contributed by atoms with Gasteiger partial charge in [0.15, 0.2) is 5.13 Å². The van der Waals surface area contributed by atoms with E-state index in [9.17, 15) is 14.3 Å². The van der Waals surface area contributed by atoms with Gasteiger partial charge in [0, 0.05) is 5.56 Å². The van der Waals surface area contributed by atoms with Crippen LogP contribution in [0, 0.1) is 11.7 Å². The summed E-state index contributed by atoms with van der Waals surface area (Å²) in [6, 6.07) is 4.27. The molecular formula is C18H20ClFN2O3S. The highest BCUT2D eigenvalue weighted by Crippen LogP contribution is 2.46. The van der Waals surface area contributed by atoms with E-state index < -0.39 is 23.6 Å². The van der Waals surface area contributed by atoms with E-state index in [1.54, 1.807) is 26.8 Å². The van der Waals surface area contributed by atoms with E-state index >= 15 is 0 Å². The number of rotatable bonds is 4. The van der Waals surface area contributed by atoms with Gasteiger partial charge in [-0.1, -0.05) is 22.9 Å². The first-order valence-electron chi connectivity index (χ1n) is 8.28. The van der Waals surface area contributed by atoms with Gasteiger partial charge in [-0.25, -0.2) is 14.2 Å². The lowest BCUT2D eigenvalue weighted by molar-refractivity contribution is 0.0636. The van der Waals surface area contributed by atoms with E-state index in [1.165, 1.54) is 23.5 Å². The fourth-order valence-corrected chi connectivity index (χ4v) is 3.69. The van der Waals surface area contributed by atoms with Crippen LogP contribution in [0.5, 0.6) is 0 Å². The number of amides is 1. The second-order valence-corrected chi connectivity index (χ2v) is 8.71. The number of hydrogen-bond donors (Lipinski definition) is 2. The molecule has 1 unspecified atom stereocenters. The fourth-order valence-electron chi connectivity index (χ4n) is 2.45. The molecule has 26 heavy (non-hydrogen) atoms. The number of aliphatic hydroxyl groups is 1. The Kier molecular flexibility index (Phi) is 5.23. The molecule has 0 saturated heterocycles. The molecule has 1 fully saturated rings. The number of ether oxygens (including phenoxy) is 1. The van der Waals surface area contributed by atoms with Crippen LogP contribution in [0.1, 0.15) is 44.6 Å². The predicted octanol–water partition coefficient (Wildman–Crippen LogP) is 5.39. The standard InChI is InChI=1S/C18H20ClFN2O3S/c1-18(2,3)25-17(24)22-16-21-13(10-6-7-12(20)11(19)8-10)15(26-16)14(23)9-4-5-9/h6-9,14,23H,4-5H2,1-3H3,(H,21,22,24). The zero-order valence-electron chi connectivity index (χ0n) is 14.7. The minimum absolute atomic E-state index is 0.0241. The quantitative estimate of drug-likeness (QED) is 0.723. The van der Waals surface area contributed by atoms with Crippen molar-refractivity contribution in [3.8, 4) is 11.3 Å². The first kappa shape index (κ1) is 19.1. The fraction of sp³-hybridized carbons (Fsp3) is 0.444. The molecule has 0 spiro atoms. The van der Waals surface area contributed by atoms with Crippen LogP contribution in [0.25, 0.3) is 11.3 Å². The van der Waals surface area contributed by atoms with Crippen molar-refractivity contribution in [2.24, 2.45) is 5.92 Å². The van der Waals surface area contributed by atoms with Gasteiger partial charge in [-0.2, -0.15) is 0 Å². The number of halogens is 2. The number of anilines is 1. The number of nitrogens with one attached hydrogen (secondary N) is 1. The average Bonchev–Trinajstić information content (AvgIpc) is 3.29. The highest BCUT2D eigenvalue weighted by molar-refractivity contribution is 7.16. The van der Waals surface area contributed by atoms with Crippen molar-refractivity contribution in [2.45, 2.75) is 45.3 Å². The number of hydrogen-bond acceptors (Lipinski definition) is 5. The molecule has 0 aliphatic heterocycles. The molecule has 1 aliphatic rings. The Morgan fingerprint density at radius 1 is 1.46 bits per heavy atom. The molecule has 1 saturated carbocycles. The highest BCUT2D eigenvalue weighted by Gasteiger charge is 2.34. The van der Waals surface area contributed by atoms with Gasteiger partial charge in [-0.3, -0.25) is 5.32 Å². The summed E-state index contributed by atoms with van der Waals surface area (Å²) in [6.45, 7) is 5.30. The maximum absolute atomic E-state index is 13.5. The topological polar surface area (TPSA) is 71.5 Å². The summed E-state index contributed by atoms with van der Waals surface area (Å²) < 4.78 is 18.7. The van der Waals surface area contributed by atoms with Crippen molar-refractivity contribution in [3.63, 3.8) is 0 Å². The SMILES string of the molecule is CC(C)(C)OC(=O)Nc1nc(-c2ccc(F)c(Cl)c2)c(C(O)C2CC2)s1. The molecule has 1 aromatic heterocycles. The van der Waals surface area contributed by atoms with Gasteiger partial charge in [0.1, 0.15) is 11.4 Å². The monoisotopic (exact) mass is 398 g/mol. The number of benzene rings is 1. The summed E-state index contributed by atoms with van der Waals surface area (Å²) in [4.78, 5) is 17.0. The van der Waals surface area contributed by atoms with Crippen LogP contribution >= 0.6 is 22.9 Å². The third-order valence-electron chi connectivity index (χ3n) is 3.79. The van der Waals surface area contributed by atoms with Gasteiger partial charge < -0.3 is 9.84 Å². The first-order valence-corrected chi connectivity index (χ1v) is 9.47. The van der Waals surface area contributed by atoms with Crippen LogP contribution in [0.2, 0.25) is 5.02 Å². The van der Waals surface area contributed by atoms with E-state index in [0.29, 0.717) is 21.3 Å². The number of thiazole rings is 1. The van der Waals surface area contributed by atoms with Crippen LogP contribution < -0.4 is 5.32 Å². The number of aliphatic hydroxyl groups excluding tert-OH is 1. The molecule has 5 nitrogen and oxygen atoms in total. The Morgan fingerprint density at radius 3 is 2.73 bits per heavy atom. The number of carbonyl (C=O) groups is 1. The molecule has 8 heteroatoms. The molecule has 140 valence electrons. The predicted molar refractivity (Wildman–Crippen MR) is 100 cm³/mol. The molecular weight excluding hydrogens is 379 g/mol. The highest BCUT2D eigenvalue weighted by atomic mass is 35.5. The second-order valence-electron chi connectivity index (χ2n) is 7.27. The zero-order valence-corrected chi connectivity index (χ0v) is 16.2. The van der Waals surface area contributed by atoms with Crippen molar-refractivity contribution < 1.29 is 19.0 Å². The van der Waals surface area contributed by atoms with Crippen LogP contribution in [-0.4, -0.2) is 21.8 Å². The lowest BCUT2D eigenvalue weighted by Gasteiger charge is -2.18. The van der Waals surface area contributed by atoms with E-state index in [1.807, 2.05) is 0 Å². The Labute approximate surface area is 160 Å². The van der Waals surface area contributed by atoms with Crippen molar-refractivity contribution in [3.05, 3.63) is 33.9 Å². The van der Waals surface area contributed by atoms with Gasteiger partial charge in [-0.15, -0.1) is 0 Å². The molecule has 0 radical (unpaired) electrons. The van der Waals surface area contributed by atoms with E-state index in [2.05, 4.69) is 10.3 Å². The normalized spacial score (nSPS) is 15.6. The Morgan fingerprint density at radius 2 is 2.15 bits per heavy atom. The van der Waals surface area contributed by atoms with Gasteiger partial charge in [0.05, 0.1) is 21.7 Å². The third kappa shape index (κ3) is 4.52. The maximum atomic E-state index is 13.5. The smallest absolute Gasteiger partial charge is 0.413 e. The summed E-state index contributed by atoms with van der Waals surface area (Å²) in [5.74, 6) is -0.346. The summed E-state index contributed by atoms with van der Waals surface area (Å²) in [5.41, 5.74) is 0.437. The van der Waals surface area contributed by atoms with Crippen molar-refractivity contribution in [1.82, 2.24) is 4.98 Å². The minimum Gasteiger partial charge on any atom is -0.444 e. The maximum Gasteiger partial charge on any atom is 0.413 e. The average molecular weight is 399 g/mol. The summed E-state index contributed by atoms with van der Waals surface area (Å²) in [6.07, 6.45) is 0.581. The molecule has 2 N–H and O–H groups in total.